The van der Waals surface area contributed by atoms with Crippen LogP contribution in [0.2, 0.25) is 0 Å². The van der Waals surface area contributed by atoms with Crippen LogP contribution in [-0.4, -0.2) is 48.5 Å². The summed E-state index contributed by atoms with van der Waals surface area (Å²) >= 11 is 0. The van der Waals surface area contributed by atoms with Crippen molar-refractivity contribution in [3.05, 3.63) is 54.2 Å². The highest BCUT2D eigenvalue weighted by atomic mass is 32.2. The number of nitrogens with one attached hydrogen (secondary N) is 1. The van der Waals surface area contributed by atoms with Crippen molar-refractivity contribution >= 4 is 33.2 Å². The molecular weight excluding hydrogens is 468 g/mol. The SMILES string of the molecule is COc1cccc(Nc2cccc(S(=O)(=O)c3ccnc(N4CC(C)CC4(C)C)c3C(N)=O)n2)n1. The summed E-state index contributed by atoms with van der Waals surface area (Å²) in [6, 6.07) is 11.0. The van der Waals surface area contributed by atoms with E-state index >= 15 is 0 Å². The van der Waals surface area contributed by atoms with Gasteiger partial charge in [0.15, 0.2) is 5.03 Å². The number of rotatable bonds is 7. The Bertz CT molecular complexity index is 1380. The van der Waals surface area contributed by atoms with Crippen LogP contribution in [0.3, 0.4) is 0 Å². The van der Waals surface area contributed by atoms with E-state index in [1.165, 1.54) is 25.4 Å². The molecule has 1 aliphatic heterocycles. The number of nitrogens with zero attached hydrogens (tertiary/aromatic N) is 4. The summed E-state index contributed by atoms with van der Waals surface area (Å²) in [7, 11) is -2.71. The molecule has 1 aliphatic rings. The molecule has 1 atom stereocenters. The highest BCUT2D eigenvalue weighted by Gasteiger charge is 2.40. The zero-order valence-electron chi connectivity index (χ0n) is 20.0. The fourth-order valence-electron chi connectivity index (χ4n) is 4.53. The summed E-state index contributed by atoms with van der Waals surface area (Å²) in [6.07, 6.45) is 2.26. The predicted octanol–water partition coefficient (Wildman–Crippen LogP) is 3.18. The maximum atomic E-state index is 13.7. The molecule has 0 aromatic carbocycles. The van der Waals surface area contributed by atoms with Crippen molar-refractivity contribution < 1.29 is 17.9 Å². The molecule has 10 nitrogen and oxygen atoms in total. The van der Waals surface area contributed by atoms with E-state index in [0.717, 1.165) is 6.42 Å². The molecule has 1 amide bonds. The maximum Gasteiger partial charge on any atom is 0.253 e. The molecule has 4 rings (SSSR count). The topological polar surface area (TPSA) is 140 Å². The quantitative estimate of drug-likeness (QED) is 0.504. The standard InChI is InChI=1S/C24H28N6O4S/c1-15-13-24(2,3)30(14-15)23-21(22(25)31)16(11-12-26-23)35(32,33)20-10-6-8-18(29-20)27-17-7-5-9-19(28-17)34-4/h5-12,15H,13-14H2,1-4H3,(H2,25,31)(H,27,28,29). The third-order valence-corrected chi connectivity index (χ3v) is 7.64. The molecule has 11 heteroatoms. The van der Waals surface area contributed by atoms with Gasteiger partial charge in [0, 0.05) is 24.3 Å². The molecule has 3 N–H and O–H groups in total. The molecule has 0 aliphatic carbocycles. The van der Waals surface area contributed by atoms with Crippen LogP contribution >= 0.6 is 0 Å². The minimum atomic E-state index is -4.21. The van der Waals surface area contributed by atoms with Gasteiger partial charge in [0.2, 0.25) is 15.7 Å². The minimum Gasteiger partial charge on any atom is -0.481 e. The molecular formula is C24H28N6O4S. The van der Waals surface area contributed by atoms with E-state index in [0.29, 0.717) is 24.2 Å². The molecule has 3 aromatic rings. The lowest BCUT2D eigenvalue weighted by atomic mass is 9.97. The van der Waals surface area contributed by atoms with Crippen LogP contribution in [0.1, 0.15) is 37.6 Å². The number of ether oxygens (including phenoxy) is 1. The first-order valence-corrected chi connectivity index (χ1v) is 12.6. The lowest BCUT2D eigenvalue weighted by Gasteiger charge is -2.33. The Hall–Kier alpha value is -3.73. The third kappa shape index (κ3) is 4.76. The van der Waals surface area contributed by atoms with Gasteiger partial charge < -0.3 is 20.7 Å². The lowest BCUT2D eigenvalue weighted by molar-refractivity contribution is 0.0997. The summed E-state index contributed by atoms with van der Waals surface area (Å²) in [6.45, 7) is 6.81. The van der Waals surface area contributed by atoms with E-state index in [9.17, 15) is 13.2 Å². The van der Waals surface area contributed by atoms with Gasteiger partial charge >= 0.3 is 0 Å². The lowest BCUT2D eigenvalue weighted by Crippen LogP contribution is -2.40. The second-order valence-electron chi connectivity index (χ2n) is 9.16. The molecule has 35 heavy (non-hydrogen) atoms. The summed E-state index contributed by atoms with van der Waals surface area (Å²) in [4.78, 5) is 27.2. The van der Waals surface area contributed by atoms with Gasteiger partial charge in [0.05, 0.1) is 12.0 Å². The normalized spacial score (nSPS) is 17.3. The van der Waals surface area contributed by atoms with Gasteiger partial charge in [-0.2, -0.15) is 4.98 Å². The van der Waals surface area contributed by atoms with Gasteiger partial charge in [-0.25, -0.2) is 18.4 Å². The van der Waals surface area contributed by atoms with Gasteiger partial charge in [-0.3, -0.25) is 4.79 Å². The number of nitrogens with two attached hydrogens (primary N) is 1. The largest absolute Gasteiger partial charge is 0.481 e. The van der Waals surface area contributed by atoms with E-state index in [-0.39, 0.29) is 32.7 Å². The van der Waals surface area contributed by atoms with Crippen LogP contribution in [0, 0.1) is 5.92 Å². The highest BCUT2D eigenvalue weighted by Crippen LogP contribution is 2.39. The number of anilines is 3. The Morgan fingerprint density at radius 1 is 1.14 bits per heavy atom. The first-order valence-electron chi connectivity index (χ1n) is 11.1. The molecule has 1 saturated heterocycles. The number of hydrogen-bond donors (Lipinski definition) is 2. The second kappa shape index (κ2) is 9.14. The van der Waals surface area contributed by atoms with E-state index in [4.69, 9.17) is 10.5 Å². The smallest absolute Gasteiger partial charge is 0.253 e. The van der Waals surface area contributed by atoms with Crippen LogP contribution in [0.4, 0.5) is 17.5 Å². The summed E-state index contributed by atoms with van der Waals surface area (Å²) < 4.78 is 32.5. The number of amides is 1. The summed E-state index contributed by atoms with van der Waals surface area (Å²) in [5.41, 5.74) is 5.27. The van der Waals surface area contributed by atoms with Crippen molar-refractivity contribution in [1.82, 2.24) is 15.0 Å². The number of carbonyl (C=O) groups is 1. The Balaban J connectivity index is 1.76. The number of aromatic nitrogens is 3. The minimum absolute atomic E-state index is 0.135. The third-order valence-electron chi connectivity index (χ3n) is 5.94. The number of primary amides is 1. The molecule has 0 radical (unpaired) electrons. The average Bonchev–Trinajstić information content (AvgIpc) is 3.10. The van der Waals surface area contributed by atoms with Crippen molar-refractivity contribution in [3.63, 3.8) is 0 Å². The Morgan fingerprint density at radius 3 is 2.46 bits per heavy atom. The van der Waals surface area contributed by atoms with Gasteiger partial charge in [0.1, 0.15) is 23.0 Å². The molecule has 184 valence electrons. The number of hydrogen-bond acceptors (Lipinski definition) is 9. The summed E-state index contributed by atoms with van der Waals surface area (Å²) in [5.74, 6) is 0.840. The molecule has 3 aromatic heterocycles. The molecule has 0 saturated carbocycles. The zero-order chi connectivity index (χ0) is 25.4. The first-order chi connectivity index (χ1) is 16.5. The molecule has 4 heterocycles. The zero-order valence-corrected chi connectivity index (χ0v) is 20.8. The first kappa shape index (κ1) is 24.4. The van der Waals surface area contributed by atoms with Crippen LogP contribution in [0.15, 0.2) is 58.6 Å². The molecule has 0 spiro atoms. The Labute approximate surface area is 204 Å². The van der Waals surface area contributed by atoms with Gasteiger partial charge in [-0.1, -0.05) is 19.1 Å². The fourth-order valence-corrected chi connectivity index (χ4v) is 5.93. The number of sulfone groups is 1. The Morgan fingerprint density at radius 2 is 1.83 bits per heavy atom. The molecule has 1 unspecified atom stereocenters. The van der Waals surface area contributed by atoms with Crippen LogP contribution in [0.5, 0.6) is 5.88 Å². The molecule has 0 bridgehead atoms. The summed E-state index contributed by atoms with van der Waals surface area (Å²) in [5, 5.41) is 2.74. The van der Waals surface area contributed by atoms with Gasteiger partial charge in [0.25, 0.3) is 5.91 Å². The average molecular weight is 497 g/mol. The van der Waals surface area contributed by atoms with Crippen molar-refractivity contribution in [2.45, 2.75) is 42.7 Å². The van der Waals surface area contributed by atoms with E-state index in [2.05, 4.69) is 27.2 Å². The van der Waals surface area contributed by atoms with Crippen LogP contribution in [0.25, 0.3) is 0 Å². The van der Waals surface area contributed by atoms with Crippen molar-refractivity contribution in [3.8, 4) is 5.88 Å². The number of carbonyl (C=O) groups excluding carboxylic acids is 1. The van der Waals surface area contributed by atoms with Gasteiger partial charge in [-0.05, 0) is 50.5 Å². The van der Waals surface area contributed by atoms with E-state index < -0.39 is 15.7 Å². The maximum absolute atomic E-state index is 13.7. The van der Waals surface area contributed by atoms with Crippen molar-refractivity contribution in [2.24, 2.45) is 11.7 Å². The van der Waals surface area contributed by atoms with E-state index in [1.54, 1.807) is 30.3 Å². The monoisotopic (exact) mass is 496 g/mol. The van der Waals surface area contributed by atoms with Crippen molar-refractivity contribution in [2.75, 3.05) is 23.9 Å². The second-order valence-corrected chi connectivity index (χ2v) is 11.0. The predicted molar refractivity (Wildman–Crippen MR) is 132 cm³/mol. The van der Waals surface area contributed by atoms with E-state index in [1.807, 2.05) is 18.7 Å². The Kier molecular flexibility index (Phi) is 6.37. The van der Waals surface area contributed by atoms with Crippen molar-refractivity contribution in [1.29, 1.82) is 0 Å². The fraction of sp³-hybridized carbons (Fsp3) is 0.333. The van der Waals surface area contributed by atoms with Gasteiger partial charge in [-0.15, -0.1) is 0 Å². The molecule has 1 fully saturated rings. The van der Waals surface area contributed by atoms with Crippen LogP contribution in [-0.2, 0) is 9.84 Å². The van der Waals surface area contributed by atoms with Crippen LogP contribution < -0.4 is 20.7 Å². The number of pyridine rings is 3. The highest BCUT2D eigenvalue weighted by molar-refractivity contribution is 7.91. The number of methoxy groups -OCH3 is 1.